The summed E-state index contributed by atoms with van der Waals surface area (Å²) in [6.07, 6.45) is 7.71. The third kappa shape index (κ3) is 3.55. The van der Waals surface area contributed by atoms with E-state index in [-0.39, 0.29) is 32.7 Å². The molecule has 0 saturated heterocycles. The minimum Gasteiger partial charge on any atom is -0.368 e. The zero-order valence-corrected chi connectivity index (χ0v) is 17.7. The summed E-state index contributed by atoms with van der Waals surface area (Å²) in [4.78, 5) is 4.20. The monoisotopic (exact) mass is 413 g/mol. The van der Waals surface area contributed by atoms with Crippen LogP contribution < -0.4 is 4.57 Å². The summed E-state index contributed by atoms with van der Waals surface area (Å²) < 4.78 is 4.32. The van der Waals surface area contributed by atoms with Gasteiger partial charge in [-0.25, -0.2) is 4.57 Å². The largest absolute Gasteiger partial charge is 0.368 e. The fourth-order valence-corrected chi connectivity index (χ4v) is 3.00. The van der Waals surface area contributed by atoms with E-state index in [4.69, 9.17) is 0 Å². The van der Waals surface area contributed by atoms with Gasteiger partial charge in [0.2, 0.25) is 5.82 Å². The van der Waals surface area contributed by atoms with Gasteiger partial charge < -0.3 is 4.98 Å². The molecule has 0 bridgehead atoms. The molecule has 0 saturated carbocycles. The standard InChI is InChI=1S/C22H18N3.Y/c1-17-10-11-18(19-7-6-12-23-16-19)15-21(17)22-24(2)13-14-25(22)20-8-4-3-5-9-20;/h3-6,8-14,16H,1-2H3;/q-1;. The van der Waals surface area contributed by atoms with Crippen molar-refractivity contribution in [1.82, 2.24) is 9.55 Å². The van der Waals surface area contributed by atoms with Gasteiger partial charge in [0.1, 0.15) is 18.1 Å². The van der Waals surface area contributed by atoms with Crippen LogP contribution in [-0.2, 0) is 39.8 Å². The normalized spacial score (nSPS) is 10.4. The van der Waals surface area contributed by atoms with E-state index >= 15 is 0 Å². The first-order valence-electron chi connectivity index (χ1n) is 8.22. The van der Waals surface area contributed by atoms with Crippen molar-refractivity contribution in [3.8, 4) is 28.2 Å². The number of para-hydroxylation sites is 1. The van der Waals surface area contributed by atoms with Crippen molar-refractivity contribution in [2.24, 2.45) is 7.05 Å². The van der Waals surface area contributed by atoms with Crippen molar-refractivity contribution in [3.05, 3.63) is 91.0 Å². The van der Waals surface area contributed by atoms with E-state index in [2.05, 4.69) is 89.0 Å². The molecule has 0 spiro atoms. The predicted octanol–water partition coefficient (Wildman–Crippen LogP) is 3.94. The van der Waals surface area contributed by atoms with Crippen molar-refractivity contribution in [1.29, 1.82) is 0 Å². The zero-order valence-electron chi connectivity index (χ0n) is 14.8. The van der Waals surface area contributed by atoms with Gasteiger partial charge in [0, 0.05) is 32.7 Å². The Kier molecular flexibility index (Phi) is 5.80. The maximum absolute atomic E-state index is 4.20. The molecule has 2 heterocycles. The Morgan fingerprint density at radius 3 is 2.58 bits per heavy atom. The van der Waals surface area contributed by atoms with Crippen molar-refractivity contribution in [2.45, 2.75) is 6.92 Å². The average Bonchev–Trinajstić information content (AvgIpc) is 3.05. The van der Waals surface area contributed by atoms with Crippen LogP contribution in [-0.4, -0.2) is 9.55 Å². The number of aromatic nitrogens is 3. The van der Waals surface area contributed by atoms with Crippen LogP contribution in [0.2, 0.25) is 0 Å². The van der Waals surface area contributed by atoms with E-state index in [0.29, 0.717) is 0 Å². The molecule has 0 atom stereocenters. The topological polar surface area (TPSA) is 21.7 Å². The molecule has 0 fully saturated rings. The summed E-state index contributed by atoms with van der Waals surface area (Å²) in [5, 5.41) is 0. The van der Waals surface area contributed by atoms with Crippen LogP contribution in [0.3, 0.4) is 0 Å². The van der Waals surface area contributed by atoms with Crippen LogP contribution in [0, 0.1) is 19.1 Å². The first-order chi connectivity index (χ1) is 12.2. The van der Waals surface area contributed by atoms with Gasteiger partial charge >= 0.3 is 0 Å². The number of nitrogens with zero attached hydrogens (tertiary/aromatic N) is 3. The van der Waals surface area contributed by atoms with Crippen LogP contribution in [0.25, 0.3) is 28.2 Å². The molecule has 4 rings (SSSR count). The summed E-state index contributed by atoms with van der Waals surface area (Å²) in [5.74, 6) is 1.09. The third-order valence-electron chi connectivity index (χ3n) is 4.31. The Bertz CT molecular complexity index is 1010. The number of imidazole rings is 1. The number of hydrogen-bond donors (Lipinski definition) is 0. The SMILES string of the molecule is Cc1ccc(-c2[c-]ccnc2)[c-]c1-c1n(-c2ccccc2)cc[n+]1C.[Y]. The van der Waals surface area contributed by atoms with E-state index in [1.165, 1.54) is 5.56 Å². The molecule has 125 valence electrons. The molecule has 0 unspecified atom stereocenters. The Morgan fingerprint density at radius 1 is 1.04 bits per heavy atom. The molecule has 0 N–H and O–H groups in total. The van der Waals surface area contributed by atoms with E-state index in [0.717, 1.165) is 28.2 Å². The minimum atomic E-state index is 0. The molecule has 26 heavy (non-hydrogen) atoms. The molecule has 0 aliphatic carbocycles. The van der Waals surface area contributed by atoms with Gasteiger partial charge in [-0.3, -0.25) is 4.57 Å². The maximum atomic E-state index is 4.20. The molecule has 4 aromatic rings. The molecule has 2 aromatic carbocycles. The molecule has 1 radical (unpaired) electrons. The van der Waals surface area contributed by atoms with E-state index in [9.17, 15) is 0 Å². The maximum Gasteiger partial charge on any atom is 0.228 e. The van der Waals surface area contributed by atoms with Gasteiger partial charge in [0.15, 0.2) is 0 Å². The predicted molar refractivity (Wildman–Crippen MR) is 98.0 cm³/mol. The second-order valence-corrected chi connectivity index (χ2v) is 6.02. The van der Waals surface area contributed by atoms with Gasteiger partial charge in [-0.15, -0.1) is 17.7 Å². The zero-order chi connectivity index (χ0) is 17.2. The molecule has 0 aliphatic rings. The number of hydrogen-bond acceptors (Lipinski definition) is 1. The number of rotatable bonds is 3. The van der Waals surface area contributed by atoms with Gasteiger partial charge in [-0.2, -0.15) is 29.3 Å². The van der Waals surface area contributed by atoms with Crippen LogP contribution in [0.5, 0.6) is 0 Å². The van der Waals surface area contributed by atoms with Crippen molar-refractivity contribution >= 4 is 0 Å². The molecular weight excluding hydrogens is 395 g/mol. The number of pyridine rings is 1. The second kappa shape index (κ2) is 8.07. The first kappa shape index (κ1) is 18.7. The fourth-order valence-electron chi connectivity index (χ4n) is 3.00. The number of aryl methyl sites for hydroxylation is 2. The third-order valence-corrected chi connectivity index (χ3v) is 4.31. The smallest absolute Gasteiger partial charge is 0.228 e. The molecule has 0 amide bonds. The molecule has 0 aliphatic heterocycles. The van der Waals surface area contributed by atoms with Gasteiger partial charge in [0.25, 0.3) is 0 Å². The van der Waals surface area contributed by atoms with Crippen molar-refractivity contribution in [3.63, 3.8) is 0 Å². The van der Waals surface area contributed by atoms with Crippen LogP contribution in [0.4, 0.5) is 0 Å². The summed E-state index contributed by atoms with van der Waals surface area (Å²) in [5.41, 5.74) is 5.33. The first-order valence-corrected chi connectivity index (χ1v) is 8.22. The summed E-state index contributed by atoms with van der Waals surface area (Å²) in [7, 11) is 2.06. The summed E-state index contributed by atoms with van der Waals surface area (Å²) >= 11 is 0. The van der Waals surface area contributed by atoms with Gasteiger partial charge in [-0.05, 0) is 17.7 Å². The van der Waals surface area contributed by atoms with Crippen LogP contribution in [0.1, 0.15) is 5.56 Å². The van der Waals surface area contributed by atoms with Crippen LogP contribution in [0.15, 0.2) is 73.3 Å². The minimum absolute atomic E-state index is 0. The number of benzene rings is 2. The molecular formula is C22H18N3Y-. The second-order valence-electron chi connectivity index (χ2n) is 6.02. The molecule has 3 nitrogen and oxygen atoms in total. The Hall–Kier alpha value is -2.10. The molecule has 4 heteroatoms. The van der Waals surface area contributed by atoms with Crippen molar-refractivity contribution in [2.75, 3.05) is 0 Å². The van der Waals surface area contributed by atoms with E-state index in [1.807, 2.05) is 18.3 Å². The fraction of sp³-hybridized carbons (Fsp3) is 0.0909. The van der Waals surface area contributed by atoms with E-state index < -0.39 is 0 Å². The quantitative estimate of drug-likeness (QED) is 0.369. The Labute approximate surface area is 179 Å². The molecule has 2 aromatic heterocycles. The Morgan fingerprint density at radius 2 is 1.85 bits per heavy atom. The van der Waals surface area contributed by atoms with Gasteiger partial charge in [-0.1, -0.05) is 37.5 Å². The van der Waals surface area contributed by atoms with Crippen LogP contribution >= 0.6 is 0 Å². The van der Waals surface area contributed by atoms with Crippen molar-refractivity contribution < 1.29 is 37.3 Å². The van der Waals surface area contributed by atoms with E-state index in [1.54, 1.807) is 6.20 Å². The Balaban J connectivity index is 0.00000196. The van der Waals surface area contributed by atoms with Gasteiger partial charge in [0.05, 0.1) is 7.05 Å². The summed E-state index contributed by atoms with van der Waals surface area (Å²) in [6, 6.07) is 23.2. The average molecular weight is 413 g/mol. The summed E-state index contributed by atoms with van der Waals surface area (Å²) in [6.45, 7) is 2.12.